The van der Waals surface area contributed by atoms with Gasteiger partial charge in [-0.3, -0.25) is 0 Å². The van der Waals surface area contributed by atoms with Crippen LogP contribution < -0.4 is 0 Å². The molecule has 0 heterocycles. The van der Waals surface area contributed by atoms with E-state index in [4.69, 9.17) is 10.2 Å². The normalized spacial score (nSPS) is 11.3. The molecule has 0 aliphatic carbocycles. The quantitative estimate of drug-likeness (QED) is 0.758. The first kappa shape index (κ1) is 9.45. The van der Waals surface area contributed by atoms with E-state index in [-0.39, 0.29) is 0 Å². The summed E-state index contributed by atoms with van der Waals surface area (Å²) in [5.41, 5.74) is 0.936. The van der Waals surface area contributed by atoms with E-state index in [1.165, 1.54) is 6.08 Å². The lowest BCUT2D eigenvalue weighted by molar-refractivity contribution is 0.00304. The molecule has 1 aromatic carbocycles. The molecule has 0 bridgehead atoms. The SMILES string of the molecule is OC(O)/C=C/c1ccc(Br)cc1. The summed E-state index contributed by atoms with van der Waals surface area (Å²) in [5.74, 6) is 0. The van der Waals surface area contributed by atoms with Crippen LogP contribution in [0.5, 0.6) is 0 Å². The Morgan fingerprint density at radius 3 is 2.25 bits per heavy atom. The number of hydrogen-bond donors (Lipinski definition) is 2. The maximum atomic E-state index is 8.53. The molecule has 0 saturated heterocycles. The summed E-state index contributed by atoms with van der Waals surface area (Å²) in [6.07, 6.45) is 1.58. The molecule has 12 heavy (non-hydrogen) atoms. The van der Waals surface area contributed by atoms with Gasteiger partial charge in [0.1, 0.15) is 0 Å². The second-order valence-electron chi connectivity index (χ2n) is 2.32. The molecule has 2 N–H and O–H groups in total. The van der Waals surface area contributed by atoms with Gasteiger partial charge in [-0.2, -0.15) is 0 Å². The molecule has 2 nitrogen and oxygen atoms in total. The summed E-state index contributed by atoms with van der Waals surface area (Å²) in [5, 5.41) is 17.1. The van der Waals surface area contributed by atoms with Crippen molar-refractivity contribution in [2.24, 2.45) is 0 Å². The topological polar surface area (TPSA) is 40.5 Å². The van der Waals surface area contributed by atoms with Gasteiger partial charge < -0.3 is 10.2 Å². The molecular weight excluding hydrogens is 220 g/mol. The molecule has 0 unspecified atom stereocenters. The highest BCUT2D eigenvalue weighted by molar-refractivity contribution is 9.10. The summed E-state index contributed by atoms with van der Waals surface area (Å²) in [4.78, 5) is 0. The van der Waals surface area contributed by atoms with E-state index in [0.717, 1.165) is 10.0 Å². The first-order chi connectivity index (χ1) is 5.68. The lowest BCUT2D eigenvalue weighted by Gasteiger charge is -1.95. The highest BCUT2D eigenvalue weighted by Crippen LogP contribution is 2.11. The highest BCUT2D eigenvalue weighted by Gasteiger charge is 1.89. The molecule has 0 aliphatic heterocycles. The average Bonchev–Trinajstić information content (AvgIpc) is 2.03. The van der Waals surface area contributed by atoms with Crippen molar-refractivity contribution < 1.29 is 10.2 Å². The van der Waals surface area contributed by atoms with E-state index >= 15 is 0 Å². The minimum atomic E-state index is -1.38. The Balaban J connectivity index is 2.71. The number of benzene rings is 1. The van der Waals surface area contributed by atoms with Crippen LogP contribution in [0.2, 0.25) is 0 Å². The van der Waals surface area contributed by atoms with Crippen molar-refractivity contribution in [1.82, 2.24) is 0 Å². The fourth-order valence-corrected chi connectivity index (χ4v) is 1.04. The predicted octanol–water partition coefficient (Wildman–Crippen LogP) is 1.77. The minimum absolute atomic E-state index is 0.936. The first-order valence-corrected chi connectivity index (χ1v) is 4.28. The third-order valence-corrected chi connectivity index (χ3v) is 1.86. The second-order valence-corrected chi connectivity index (χ2v) is 3.24. The minimum Gasteiger partial charge on any atom is -0.365 e. The van der Waals surface area contributed by atoms with Gasteiger partial charge in [0.15, 0.2) is 6.29 Å². The van der Waals surface area contributed by atoms with Crippen molar-refractivity contribution >= 4 is 22.0 Å². The summed E-state index contributed by atoms with van der Waals surface area (Å²) >= 11 is 3.30. The third-order valence-electron chi connectivity index (χ3n) is 1.33. The van der Waals surface area contributed by atoms with Crippen LogP contribution in [-0.4, -0.2) is 16.5 Å². The fraction of sp³-hybridized carbons (Fsp3) is 0.111. The van der Waals surface area contributed by atoms with Crippen molar-refractivity contribution in [2.75, 3.05) is 0 Å². The zero-order valence-electron chi connectivity index (χ0n) is 6.31. The molecule has 0 radical (unpaired) electrons. The van der Waals surface area contributed by atoms with E-state index in [0.29, 0.717) is 0 Å². The van der Waals surface area contributed by atoms with Gasteiger partial charge in [0.25, 0.3) is 0 Å². The standard InChI is InChI=1S/C9H9BrO2/c10-8-4-1-7(2-5-8)3-6-9(11)12/h1-6,9,11-12H/b6-3+. The zero-order valence-corrected chi connectivity index (χ0v) is 7.90. The molecule has 64 valence electrons. The number of rotatable bonds is 2. The maximum Gasteiger partial charge on any atom is 0.171 e. The molecule has 1 rings (SSSR count). The Morgan fingerprint density at radius 1 is 1.17 bits per heavy atom. The first-order valence-electron chi connectivity index (χ1n) is 3.48. The Hall–Kier alpha value is -0.640. The molecule has 3 heteroatoms. The van der Waals surface area contributed by atoms with Crippen LogP contribution in [0.3, 0.4) is 0 Å². The number of halogens is 1. The lowest BCUT2D eigenvalue weighted by Crippen LogP contribution is -1.96. The molecule has 0 amide bonds. The molecule has 0 fully saturated rings. The largest absolute Gasteiger partial charge is 0.365 e. The molecule has 0 saturated carbocycles. The Morgan fingerprint density at radius 2 is 1.75 bits per heavy atom. The highest BCUT2D eigenvalue weighted by atomic mass is 79.9. The van der Waals surface area contributed by atoms with Gasteiger partial charge in [-0.25, -0.2) is 0 Å². The number of aliphatic hydroxyl groups is 2. The van der Waals surface area contributed by atoms with Gasteiger partial charge in [0, 0.05) is 4.47 Å². The van der Waals surface area contributed by atoms with Crippen LogP contribution >= 0.6 is 15.9 Å². The van der Waals surface area contributed by atoms with Crippen molar-refractivity contribution in [2.45, 2.75) is 6.29 Å². The molecular formula is C9H9BrO2. The van der Waals surface area contributed by atoms with Crippen LogP contribution in [0.25, 0.3) is 6.08 Å². The third kappa shape index (κ3) is 3.17. The van der Waals surface area contributed by atoms with Crippen molar-refractivity contribution in [3.63, 3.8) is 0 Å². The second kappa shape index (κ2) is 4.40. The number of hydrogen-bond acceptors (Lipinski definition) is 2. The van der Waals surface area contributed by atoms with Crippen LogP contribution in [0.1, 0.15) is 5.56 Å². The summed E-state index contributed by atoms with van der Waals surface area (Å²) in [6.45, 7) is 0. The smallest absolute Gasteiger partial charge is 0.171 e. The van der Waals surface area contributed by atoms with Gasteiger partial charge in [-0.15, -0.1) is 0 Å². The maximum absolute atomic E-state index is 8.53. The Kier molecular flexibility index (Phi) is 3.47. The molecule has 1 aromatic rings. The van der Waals surface area contributed by atoms with Gasteiger partial charge in [-0.1, -0.05) is 34.1 Å². The van der Waals surface area contributed by atoms with Crippen LogP contribution in [0.15, 0.2) is 34.8 Å². The molecule has 0 atom stereocenters. The van der Waals surface area contributed by atoms with Crippen molar-refractivity contribution in [3.05, 3.63) is 40.4 Å². The van der Waals surface area contributed by atoms with Gasteiger partial charge in [-0.05, 0) is 23.8 Å². The van der Waals surface area contributed by atoms with Crippen molar-refractivity contribution in [3.8, 4) is 0 Å². The molecule has 0 spiro atoms. The fourth-order valence-electron chi connectivity index (χ4n) is 0.771. The summed E-state index contributed by atoms with van der Waals surface area (Å²) in [6, 6.07) is 7.54. The monoisotopic (exact) mass is 228 g/mol. The van der Waals surface area contributed by atoms with E-state index in [1.807, 2.05) is 24.3 Å². The van der Waals surface area contributed by atoms with Crippen LogP contribution in [0, 0.1) is 0 Å². The Bertz CT molecular complexity index is 264. The van der Waals surface area contributed by atoms with E-state index in [2.05, 4.69) is 15.9 Å². The Labute approximate surface area is 79.3 Å². The van der Waals surface area contributed by atoms with E-state index in [9.17, 15) is 0 Å². The summed E-state index contributed by atoms with van der Waals surface area (Å²) in [7, 11) is 0. The van der Waals surface area contributed by atoms with E-state index < -0.39 is 6.29 Å². The van der Waals surface area contributed by atoms with Gasteiger partial charge >= 0.3 is 0 Å². The van der Waals surface area contributed by atoms with Crippen LogP contribution in [-0.2, 0) is 0 Å². The van der Waals surface area contributed by atoms with Gasteiger partial charge in [0.2, 0.25) is 0 Å². The predicted molar refractivity (Wildman–Crippen MR) is 51.4 cm³/mol. The average molecular weight is 229 g/mol. The van der Waals surface area contributed by atoms with Gasteiger partial charge in [0.05, 0.1) is 0 Å². The van der Waals surface area contributed by atoms with E-state index in [1.54, 1.807) is 6.08 Å². The molecule has 0 aliphatic rings. The molecule has 0 aromatic heterocycles. The van der Waals surface area contributed by atoms with Crippen LogP contribution in [0.4, 0.5) is 0 Å². The zero-order chi connectivity index (χ0) is 8.97. The van der Waals surface area contributed by atoms with Crippen molar-refractivity contribution in [1.29, 1.82) is 0 Å². The lowest BCUT2D eigenvalue weighted by atomic mass is 10.2. The number of aliphatic hydroxyl groups excluding tert-OH is 1. The summed E-state index contributed by atoms with van der Waals surface area (Å²) < 4.78 is 1.00.